The Morgan fingerprint density at radius 3 is 2.67 bits per heavy atom. The van der Waals surface area contributed by atoms with Crippen LogP contribution in [0.15, 0.2) is 22.7 Å². The summed E-state index contributed by atoms with van der Waals surface area (Å²) in [7, 11) is 1.50. The molecule has 6 nitrogen and oxygen atoms in total. The number of anilines is 1. The average Bonchev–Trinajstić information content (AvgIpc) is 2.28. The van der Waals surface area contributed by atoms with Gasteiger partial charge in [0.1, 0.15) is 0 Å². The quantitative estimate of drug-likeness (QED) is 0.787. The maximum absolute atomic E-state index is 11.7. The van der Waals surface area contributed by atoms with Crippen molar-refractivity contribution in [2.24, 2.45) is 0 Å². The lowest BCUT2D eigenvalue weighted by Crippen LogP contribution is -2.33. The van der Waals surface area contributed by atoms with Crippen molar-refractivity contribution >= 4 is 33.6 Å². The zero-order valence-corrected chi connectivity index (χ0v) is 11.3. The first-order valence-electron chi connectivity index (χ1n) is 5.11. The Balaban J connectivity index is 2.92. The van der Waals surface area contributed by atoms with E-state index in [1.165, 1.54) is 24.1 Å². The number of carboxylic acids is 1. The van der Waals surface area contributed by atoms with Gasteiger partial charge in [0.15, 0.2) is 0 Å². The number of aromatic carboxylic acids is 1. The van der Waals surface area contributed by atoms with Crippen LogP contribution >= 0.6 is 15.9 Å². The number of nitrogens with one attached hydrogen (secondary N) is 1. The third-order valence-electron chi connectivity index (χ3n) is 2.24. The molecule has 0 aromatic heterocycles. The highest BCUT2D eigenvalue weighted by Gasteiger charge is 2.14. The number of carbonyl (C=O) groups is 2. The largest absolute Gasteiger partial charge is 0.478 e. The minimum Gasteiger partial charge on any atom is -0.478 e. The second-order valence-electron chi connectivity index (χ2n) is 3.57. The molecule has 0 saturated carbocycles. The van der Waals surface area contributed by atoms with Gasteiger partial charge < -0.3 is 20.4 Å². The van der Waals surface area contributed by atoms with Gasteiger partial charge in [-0.2, -0.15) is 0 Å². The van der Waals surface area contributed by atoms with Crippen molar-refractivity contribution in [3.8, 4) is 0 Å². The van der Waals surface area contributed by atoms with E-state index in [-0.39, 0.29) is 24.4 Å². The number of aliphatic hydroxyl groups is 1. The van der Waals surface area contributed by atoms with Crippen LogP contribution in [0, 0.1) is 0 Å². The maximum atomic E-state index is 11.7. The molecule has 0 atom stereocenters. The summed E-state index contributed by atoms with van der Waals surface area (Å²) in [5.41, 5.74) is 0.204. The molecular formula is C11H13BrN2O4. The molecule has 7 heteroatoms. The molecule has 0 bridgehead atoms. The fourth-order valence-corrected chi connectivity index (χ4v) is 1.63. The van der Waals surface area contributed by atoms with Crippen LogP contribution in [-0.2, 0) is 0 Å². The highest BCUT2D eigenvalue weighted by Crippen LogP contribution is 2.21. The molecule has 0 spiro atoms. The molecule has 0 aliphatic heterocycles. The smallest absolute Gasteiger partial charge is 0.337 e. The standard InChI is InChI=1S/C11H13BrN2O4/c1-14(4-5-15)11(18)13-9-6-7(12)2-3-8(9)10(16)17/h2-3,6,15H,4-5H2,1H3,(H,13,18)(H,16,17). The van der Waals surface area contributed by atoms with Crippen molar-refractivity contribution in [2.45, 2.75) is 0 Å². The Bertz CT molecular complexity index is 464. The average molecular weight is 317 g/mol. The molecule has 0 radical (unpaired) electrons. The lowest BCUT2D eigenvalue weighted by atomic mass is 10.2. The number of hydrogen-bond acceptors (Lipinski definition) is 3. The fraction of sp³-hybridized carbons (Fsp3) is 0.273. The lowest BCUT2D eigenvalue weighted by Gasteiger charge is -2.17. The van der Waals surface area contributed by atoms with Gasteiger partial charge in [0.05, 0.1) is 17.9 Å². The molecule has 0 aliphatic rings. The van der Waals surface area contributed by atoms with Crippen molar-refractivity contribution in [2.75, 3.05) is 25.5 Å². The molecule has 1 aromatic rings. The number of benzene rings is 1. The van der Waals surface area contributed by atoms with Crippen LogP contribution in [0.4, 0.5) is 10.5 Å². The molecule has 0 heterocycles. The van der Waals surface area contributed by atoms with Crippen molar-refractivity contribution in [3.63, 3.8) is 0 Å². The first-order valence-corrected chi connectivity index (χ1v) is 5.91. The van der Waals surface area contributed by atoms with Crippen LogP contribution in [0.5, 0.6) is 0 Å². The predicted molar refractivity (Wildman–Crippen MR) is 69.8 cm³/mol. The monoisotopic (exact) mass is 316 g/mol. The molecule has 1 rings (SSSR count). The van der Waals surface area contributed by atoms with E-state index in [0.29, 0.717) is 4.47 Å². The van der Waals surface area contributed by atoms with Gasteiger partial charge in [0.25, 0.3) is 0 Å². The minimum atomic E-state index is -1.12. The second kappa shape index (κ2) is 6.36. The molecular weight excluding hydrogens is 304 g/mol. The molecule has 0 fully saturated rings. The van der Waals surface area contributed by atoms with Gasteiger partial charge in [-0.05, 0) is 18.2 Å². The molecule has 0 aliphatic carbocycles. The van der Waals surface area contributed by atoms with Gasteiger partial charge in [-0.25, -0.2) is 9.59 Å². The molecule has 0 saturated heterocycles. The number of carboxylic acid groups (broad SMARTS) is 1. The highest BCUT2D eigenvalue weighted by molar-refractivity contribution is 9.10. The van der Waals surface area contributed by atoms with Crippen molar-refractivity contribution in [1.29, 1.82) is 0 Å². The number of amides is 2. The minimum absolute atomic E-state index is 0.00366. The Morgan fingerprint density at radius 2 is 2.11 bits per heavy atom. The van der Waals surface area contributed by atoms with Gasteiger partial charge in [-0.1, -0.05) is 15.9 Å². The van der Waals surface area contributed by atoms with Gasteiger partial charge in [-0.15, -0.1) is 0 Å². The third kappa shape index (κ3) is 3.71. The first kappa shape index (κ1) is 14.5. The summed E-state index contributed by atoms with van der Waals surface area (Å²) in [6.45, 7) is 0.0104. The molecule has 18 heavy (non-hydrogen) atoms. The highest BCUT2D eigenvalue weighted by atomic mass is 79.9. The van der Waals surface area contributed by atoms with E-state index in [9.17, 15) is 9.59 Å². The zero-order valence-electron chi connectivity index (χ0n) is 9.68. The van der Waals surface area contributed by atoms with Crippen LogP contribution in [0.1, 0.15) is 10.4 Å². The van der Waals surface area contributed by atoms with E-state index in [4.69, 9.17) is 10.2 Å². The SMILES string of the molecule is CN(CCO)C(=O)Nc1cc(Br)ccc1C(=O)O. The summed E-state index contributed by atoms with van der Waals surface area (Å²) in [5, 5.41) is 20.2. The van der Waals surface area contributed by atoms with Crippen LogP contribution in [0.25, 0.3) is 0 Å². The van der Waals surface area contributed by atoms with Crippen molar-refractivity contribution < 1.29 is 19.8 Å². The van der Waals surface area contributed by atoms with E-state index in [1.807, 2.05) is 0 Å². The van der Waals surface area contributed by atoms with E-state index in [2.05, 4.69) is 21.2 Å². The number of urea groups is 1. The van der Waals surface area contributed by atoms with Gasteiger partial charge >= 0.3 is 12.0 Å². The molecule has 1 aromatic carbocycles. The summed E-state index contributed by atoms with van der Waals surface area (Å²) in [5.74, 6) is -1.12. The Hall–Kier alpha value is -1.60. The maximum Gasteiger partial charge on any atom is 0.337 e. The number of nitrogens with zero attached hydrogens (tertiary/aromatic N) is 1. The zero-order chi connectivity index (χ0) is 13.7. The Morgan fingerprint density at radius 1 is 1.44 bits per heavy atom. The number of likely N-dealkylation sites (N-methyl/N-ethyl adjacent to an activating group) is 1. The first-order chi connectivity index (χ1) is 8.45. The Kier molecular flexibility index (Phi) is 5.11. The third-order valence-corrected chi connectivity index (χ3v) is 2.73. The normalized spacial score (nSPS) is 9.94. The van der Waals surface area contributed by atoms with Crippen molar-refractivity contribution in [1.82, 2.24) is 4.90 Å². The number of hydrogen-bond donors (Lipinski definition) is 3. The van der Waals surface area contributed by atoms with Crippen molar-refractivity contribution in [3.05, 3.63) is 28.2 Å². The summed E-state index contributed by atoms with van der Waals surface area (Å²) >= 11 is 3.21. The number of carbonyl (C=O) groups excluding carboxylic acids is 1. The summed E-state index contributed by atoms with van der Waals surface area (Å²) in [6, 6.07) is 4.00. The predicted octanol–water partition coefficient (Wildman–Crippen LogP) is 1.60. The van der Waals surface area contributed by atoms with Crippen LogP contribution in [0.3, 0.4) is 0 Å². The van der Waals surface area contributed by atoms with E-state index in [1.54, 1.807) is 6.07 Å². The van der Waals surface area contributed by atoms with E-state index in [0.717, 1.165) is 0 Å². The second-order valence-corrected chi connectivity index (χ2v) is 4.49. The fourth-order valence-electron chi connectivity index (χ4n) is 1.27. The number of rotatable bonds is 4. The summed E-state index contributed by atoms with van der Waals surface area (Å²) in [6.07, 6.45) is 0. The Labute approximate surface area is 112 Å². The topological polar surface area (TPSA) is 89.9 Å². The summed E-state index contributed by atoms with van der Waals surface area (Å²) in [4.78, 5) is 23.9. The lowest BCUT2D eigenvalue weighted by molar-refractivity contribution is 0.0698. The van der Waals surface area contributed by atoms with E-state index >= 15 is 0 Å². The number of halogens is 1. The molecule has 2 amide bonds. The van der Waals surface area contributed by atoms with E-state index < -0.39 is 12.0 Å². The van der Waals surface area contributed by atoms with Crippen LogP contribution in [-0.4, -0.2) is 47.3 Å². The molecule has 3 N–H and O–H groups in total. The molecule has 0 unspecified atom stereocenters. The van der Waals surface area contributed by atoms with Crippen LogP contribution < -0.4 is 5.32 Å². The van der Waals surface area contributed by atoms with Crippen LogP contribution in [0.2, 0.25) is 0 Å². The summed E-state index contributed by atoms with van der Waals surface area (Å²) < 4.78 is 0.660. The number of aliphatic hydroxyl groups excluding tert-OH is 1. The van der Waals surface area contributed by atoms with Gasteiger partial charge in [0.2, 0.25) is 0 Å². The molecule has 98 valence electrons. The van der Waals surface area contributed by atoms with Gasteiger partial charge in [-0.3, -0.25) is 0 Å². The van der Waals surface area contributed by atoms with Gasteiger partial charge in [0, 0.05) is 18.1 Å².